The molecule has 0 saturated carbocycles. The lowest BCUT2D eigenvalue weighted by Gasteiger charge is -2.31. The van der Waals surface area contributed by atoms with Crippen molar-refractivity contribution in [1.29, 1.82) is 0 Å². The van der Waals surface area contributed by atoms with E-state index < -0.39 is 11.9 Å². The number of aryl methyl sites for hydroxylation is 1. The number of halogens is 3. The zero-order valence-corrected chi connectivity index (χ0v) is 20.3. The van der Waals surface area contributed by atoms with Gasteiger partial charge in [0.05, 0.1) is 23.3 Å². The third-order valence-electron chi connectivity index (χ3n) is 6.80. The minimum absolute atomic E-state index is 0.0585. The second kappa shape index (κ2) is 8.81. The second-order valence-electron chi connectivity index (χ2n) is 8.94. The van der Waals surface area contributed by atoms with Crippen molar-refractivity contribution in [2.24, 2.45) is 0 Å². The molecule has 2 aliphatic rings. The Morgan fingerprint density at radius 1 is 1.03 bits per heavy atom. The lowest BCUT2D eigenvalue weighted by Crippen LogP contribution is -2.38. The quantitative estimate of drug-likeness (QED) is 0.298. The van der Waals surface area contributed by atoms with E-state index in [1.54, 1.807) is 28.4 Å². The highest BCUT2D eigenvalue weighted by molar-refractivity contribution is 7.15. The molecule has 35 heavy (non-hydrogen) atoms. The minimum atomic E-state index is -0.545. The number of rotatable bonds is 2. The van der Waals surface area contributed by atoms with Gasteiger partial charge >= 0.3 is 6.03 Å². The molecule has 4 aromatic rings. The average molecular weight is 510 g/mol. The van der Waals surface area contributed by atoms with Crippen LogP contribution in [0.3, 0.4) is 0 Å². The van der Waals surface area contributed by atoms with Gasteiger partial charge in [-0.3, -0.25) is 0 Å². The highest BCUT2D eigenvalue weighted by Crippen LogP contribution is 2.44. The number of hydrogen-bond acceptors (Lipinski definition) is 2. The smallest absolute Gasteiger partial charge is 0.310 e. The molecule has 0 bridgehead atoms. The maximum absolute atomic E-state index is 13.8. The summed E-state index contributed by atoms with van der Waals surface area (Å²) in [5, 5.41) is 3.98. The summed E-state index contributed by atoms with van der Waals surface area (Å²) in [7, 11) is 0. The van der Waals surface area contributed by atoms with Gasteiger partial charge in [0.15, 0.2) is 0 Å². The Balaban J connectivity index is 1.48. The van der Waals surface area contributed by atoms with Crippen LogP contribution < -0.4 is 5.32 Å². The minimum Gasteiger partial charge on any atom is -0.310 e. The number of nitrogens with one attached hydrogen (secondary N) is 1. The molecule has 0 saturated heterocycles. The van der Waals surface area contributed by atoms with Gasteiger partial charge < -0.3 is 14.8 Å². The van der Waals surface area contributed by atoms with Crippen LogP contribution in [0, 0.1) is 11.6 Å². The third kappa shape index (κ3) is 3.93. The Bertz CT molecular complexity index is 1430. The van der Waals surface area contributed by atoms with Gasteiger partial charge in [-0.15, -0.1) is 11.3 Å². The summed E-state index contributed by atoms with van der Waals surface area (Å²) in [4.78, 5) is 17.0. The molecule has 178 valence electrons. The zero-order valence-electron chi connectivity index (χ0n) is 18.7. The molecule has 1 N–H and O–H groups in total. The SMILES string of the molecule is O=C(Nc1ccc(F)c(Cl)c1)N1Cc2c(sc3c2CCCC3)-n2cccc2[C@@H]1c1ccc(F)cc1. The predicted molar refractivity (Wildman–Crippen MR) is 135 cm³/mol. The van der Waals surface area contributed by atoms with E-state index in [1.165, 1.54) is 52.8 Å². The summed E-state index contributed by atoms with van der Waals surface area (Å²) in [6.07, 6.45) is 6.41. The maximum atomic E-state index is 13.8. The van der Waals surface area contributed by atoms with E-state index >= 15 is 0 Å². The number of carbonyl (C=O) groups is 1. The molecule has 0 spiro atoms. The van der Waals surface area contributed by atoms with Crippen LogP contribution in [0.2, 0.25) is 5.02 Å². The molecule has 0 unspecified atom stereocenters. The third-order valence-corrected chi connectivity index (χ3v) is 8.42. The molecule has 1 atom stereocenters. The molecule has 8 heteroatoms. The first kappa shape index (κ1) is 22.3. The van der Waals surface area contributed by atoms with Crippen LogP contribution in [0.1, 0.15) is 46.1 Å². The summed E-state index contributed by atoms with van der Waals surface area (Å²) in [6.45, 7) is 0.408. The standard InChI is InChI=1S/C27H22ClF2N3OS/c28-21-14-18(11-12-22(21)30)31-27(34)33-15-20-19-4-1-2-6-24(19)35-26(20)32-13-3-5-23(32)25(33)16-7-9-17(29)10-8-16/h3,5,7-14,25H,1-2,4,6,15H2,(H,31,34)/t25-/m0/s1. The van der Waals surface area contributed by atoms with Crippen LogP contribution in [0.4, 0.5) is 19.3 Å². The summed E-state index contributed by atoms with van der Waals surface area (Å²) >= 11 is 7.76. The number of nitrogens with zero attached hydrogens (tertiary/aromatic N) is 2. The lowest BCUT2D eigenvalue weighted by molar-refractivity contribution is 0.194. The highest BCUT2D eigenvalue weighted by atomic mass is 35.5. The van der Waals surface area contributed by atoms with Gasteiger partial charge in [-0.2, -0.15) is 0 Å². The van der Waals surface area contributed by atoms with Crippen molar-refractivity contribution in [3.63, 3.8) is 0 Å². The van der Waals surface area contributed by atoms with E-state index in [0.717, 1.165) is 35.5 Å². The van der Waals surface area contributed by atoms with Gasteiger partial charge in [-0.25, -0.2) is 13.6 Å². The molecule has 3 heterocycles. The first-order valence-electron chi connectivity index (χ1n) is 11.6. The van der Waals surface area contributed by atoms with Gasteiger partial charge in [0, 0.05) is 22.3 Å². The fourth-order valence-corrected chi connectivity index (χ4v) is 6.74. The molecule has 2 aromatic carbocycles. The highest BCUT2D eigenvalue weighted by Gasteiger charge is 2.36. The van der Waals surface area contributed by atoms with Crippen LogP contribution in [0.15, 0.2) is 60.8 Å². The Hall–Kier alpha value is -3.16. The lowest BCUT2D eigenvalue weighted by atomic mass is 9.95. The predicted octanol–water partition coefficient (Wildman–Crippen LogP) is 7.49. The number of anilines is 1. The van der Waals surface area contributed by atoms with Crippen molar-refractivity contribution in [3.8, 4) is 5.00 Å². The van der Waals surface area contributed by atoms with Crippen molar-refractivity contribution < 1.29 is 13.6 Å². The maximum Gasteiger partial charge on any atom is 0.322 e. The Morgan fingerprint density at radius 3 is 2.63 bits per heavy atom. The van der Waals surface area contributed by atoms with Crippen molar-refractivity contribution >= 4 is 34.7 Å². The van der Waals surface area contributed by atoms with Crippen molar-refractivity contribution in [1.82, 2.24) is 9.47 Å². The van der Waals surface area contributed by atoms with Crippen molar-refractivity contribution in [3.05, 3.63) is 105 Å². The van der Waals surface area contributed by atoms with Crippen LogP contribution in [0.25, 0.3) is 5.00 Å². The normalized spacial score (nSPS) is 16.8. The van der Waals surface area contributed by atoms with Gasteiger partial charge in [0.1, 0.15) is 16.6 Å². The van der Waals surface area contributed by atoms with E-state index in [9.17, 15) is 13.6 Å². The van der Waals surface area contributed by atoms with Gasteiger partial charge in [-0.05, 0) is 79.3 Å². The Labute approximate surface area is 210 Å². The number of urea groups is 1. The number of thiophene rings is 1. The van der Waals surface area contributed by atoms with E-state index in [1.807, 2.05) is 18.3 Å². The van der Waals surface area contributed by atoms with Gasteiger partial charge in [0.25, 0.3) is 0 Å². The van der Waals surface area contributed by atoms with Gasteiger partial charge in [0.2, 0.25) is 0 Å². The zero-order chi connectivity index (χ0) is 24.1. The monoisotopic (exact) mass is 509 g/mol. The first-order valence-corrected chi connectivity index (χ1v) is 12.8. The largest absolute Gasteiger partial charge is 0.322 e. The number of amides is 2. The van der Waals surface area contributed by atoms with Crippen LogP contribution >= 0.6 is 22.9 Å². The molecule has 2 aromatic heterocycles. The fourth-order valence-electron chi connectivity index (χ4n) is 5.15. The molecular formula is C27H22ClF2N3OS. The summed E-state index contributed by atoms with van der Waals surface area (Å²) in [5.41, 5.74) is 4.66. The number of hydrogen-bond donors (Lipinski definition) is 1. The second-order valence-corrected chi connectivity index (χ2v) is 10.4. The van der Waals surface area contributed by atoms with Crippen LogP contribution in [-0.4, -0.2) is 15.5 Å². The molecule has 6 rings (SSSR count). The molecule has 0 radical (unpaired) electrons. The van der Waals surface area contributed by atoms with Crippen LogP contribution in [-0.2, 0) is 19.4 Å². The molecule has 1 aliphatic carbocycles. The molecule has 4 nitrogen and oxygen atoms in total. The molecular weight excluding hydrogens is 488 g/mol. The van der Waals surface area contributed by atoms with Crippen molar-refractivity contribution in [2.45, 2.75) is 38.3 Å². The van der Waals surface area contributed by atoms with Crippen LogP contribution in [0.5, 0.6) is 0 Å². The van der Waals surface area contributed by atoms with Crippen molar-refractivity contribution in [2.75, 3.05) is 5.32 Å². The summed E-state index contributed by atoms with van der Waals surface area (Å²) < 4.78 is 29.7. The summed E-state index contributed by atoms with van der Waals surface area (Å²) in [5.74, 6) is -0.876. The van der Waals surface area contributed by atoms with E-state index in [4.69, 9.17) is 11.6 Å². The topological polar surface area (TPSA) is 37.3 Å². The van der Waals surface area contributed by atoms with Gasteiger partial charge in [-0.1, -0.05) is 23.7 Å². The van der Waals surface area contributed by atoms with E-state index in [-0.39, 0.29) is 16.9 Å². The number of benzene rings is 2. The van der Waals surface area contributed by atoms with E-state index in [2.05, 4.69) is 9.88 Å². The number of carbonyl (C=O) groups excluding carboxylic acids is 1. The fraction of sp³-hybridized carbons (Fsp3) is 0.222. The number of aromatic nitrogens is 1. The van der Waals surface area contributed by atoms with E-state index in [0.29, 0.717) is 12.2 Å². The first-order chi connectivity index (χ1) is 17.0. The number of fused-ring (bicyclic) bond motifs is 5. The molecule has 1 aliphatic heterocycles. The Morgan fingerprint density at radius 2 is 1.83 bits per heavy atom. The molecule has 0 fully saturated rings. The average Bonchev–Trinajstić information content (AvgIpc) is 3.44. The Kier molecular flexibility index (Phi) is 5.61. The molecule has 2 amide bonds. The summed E-state index contributed by atoms with van der Waals surface area (Å²) in [6, 6.07) is 13.6.